The number of carbonyl (C=O) groups is 1. The molecule has 0 saturated carbocycles. The van der Waals surface area contributed by atoms with Crippen molar-refractivity contribution >= 4 is 26.7 Å². The van der Waals surface area contributed by atoms with Gasteiger partial charge in [0.05, 0.1) is 28.2 Å². The van der Waals surface area contributed by atoms with Gasteiger partial charge in [-0.1, -0.05) is 13.0 Å². The summed E-state index contributed by atoms with van der Waals surface area (Å²) in [6, 6.07) is 11.1. The van der Waals surface area contributed by atoms with Crippen LogP contribution in [0, 0.1) is 5.41 Å². The van der Waals surface area contributed by atoms with Gasteiger partial charge in [-0.15, -0.1) is 0 Å². The summed E-state index contributed by atoms with van der Waals surface area (Å²) in [5.41, 5.74) is 1.05. The van der Waals surface area contributed by atoms with Crippen LogP contribution in [0.3, 0.4) is 0 Å². The summed E-state index contributed by atoms with van der Waals surface area (Å²) in [5.74, 6) is 0.0126. The molecule has 7 nitrogen and oxygen atoms in total. The van der Waals surface area contributed by atoms with Gasteiger partial charge < -0.3 is 4.74 Å². The van der Waals surface area contributed by atoms with Gasteiger partial charge in [-0.05, 0) is 44.2 Å². The average molecular weight is 493 g/mol. The van der Waals surface area contributed by atoms with Crippen molar-refractivity contribution in [3.05, 3.63) is 58.5 Å². The molecule has 0 atom stereocenters. The number of ketones is 1. The van der Waals surface area contributed by atoms with Crippen LogP contribution in [0.25, 0.3) is 16.7 Å². The smallest absolute Gasteiger partial charge is 0.333 e. The van der Waals surface area contributed by atoms with E-state index in [1.54, 1.807) is 41.8 Å². The normalized spacial score (nSPS) is 16.7. The summed E-state index contributed by atoms with van der Waals surface area (Å²) in [6.07, 6.45) is -2.51. The fraction of sp³-hybridized carbons (Fsp3) is 0.417. The lowest BCUT2D eigenvalue weighted by Gasteiger charge is -2.37. The largest absolute Gasteiger partial charge is 0.488 e. The van der Waals surface area contributed by atoms with Crippen molar-refractivity contribution in [3.8, 4) is 11.4 Å². The second-order valence-corrected chi connectivity index (χ2v) is 11.5. The van der Waals surface area contributed by atoms with Crippen LogP contribution in [0.5, 0.6) is 5.75 Å². The molecule has 0 bridgehead atoms. The highest BCUT2D eigenvalue weighted by Gasteiger charge is 2.45. The second kappa shape index (κ2) is 8.65. The number of hydrogen-bond donors (Lipinski definition) is 0. The highest BCUT2D eigenvalue weighted by atomic mass is 32.2. The number of halogens is 2. The number of hydrogen-bond acceptors (Lipinski definition) is 5. The van der Waals surface area contributed by atoms with E-state index in [1.165, 1.54) is 16.7 Å². The van der Waals surface area contributed by atoms with Gasteiger partial charge >= 0.3 is 5.69 Å². The first-order valence-corrected chi connectivity index (χ1v) is 12.7. The van der Waals surface area contributed by atoms with Gasteiger partial charge in [0.1, 0.15) is 12.4 Å². The van der Waals surface area contributed by atoms with Crippen molar-refractivity contribution in [2.24, 2.45) is 5.41 Å². The summed E-state index contributed by atoms with van der Waals surface area (Å²) in [6.45, 7) is 4.73. The standard InChI is InChI=1S/C24H26F2N2O5S/c1-15(2)27-20-9-16(21(29)11-24(3)13-34(31,32)14-24)7-8-19(20)28(23(27)30)17-5-4-6-18(10-17)33-12-22(25)26/h4-10,15,22H,11-14H2,1-3H3. The van der Waals surface area contributed by atoms with E-state index in [4.69, 9.17) is 4.74 Å². The first-order chi connectivity index (χ1) is 15.9. The summed E-state index contributed by atoms with van der Waals surface area (Å²) in [7, 11) is -3.07. The minimum absolute atomic E-state index is 0.00889. The van der Waals surface area contributed by atoms with Crippen LogP contribution in [-0.4, -0.2) is 47.9 Å². The predicted molar refractivity (Wildman–Crippen MR) is 125 cm³/mol. The van der Waals surface area contributed by atoms with Crippen molar-refractivity contribution in [1.82, 2.24) is 9.13 Å². The maximum absolute atomic E-state index is 13.4. The number of benzene rings is 2. The average Bonchev–Trinajstić information content (AvgIpc) is 3.01. The molecule has 0 N–H and O–H groups in total. The quantitative estimate of drug-likeness (QED) is 0.443. The number of rotatable bonds is 8. The molecule has 2 heterocycles. The minimum Gasteiger partial charge on any atom is -0.488 e. The zero-order valence-electron chi connectivity index (χ0n) is 19.1. The van der Waals surface area contributed by atoms with Crippen molar-refractivity contribution in [2.75, 3.05) is 18.1 Å². The Hall–Kier alpha value is -3.01. The third-order valence-electron chi connectivity index (χ3n) is 5.89. The van der Waals surface area contributed by atoms with Crippen LogP contribution in [0.15, 0.2) is 47.3 Å². The molecule has 1 aliphatic rings. The Kier molecular flexibility index (Phi) is 6.14. The van der Waals surface area contributed by atoms with Crippen molar-refractivity contribution < 1.29 is 26.7 Å². The summed E-state index contributed by atoms with van der Waals surface area (Å²) >= 11 is 0. The Morgan fingerprint density at radius 1 is 1.12 bits per heavy atom. The Morgan fingerprint density at radius 2 is 1.82 bits per heavy atom. The molecule has 0 radical (unpaired) electrons. The third-order valence-corrected chi connectivity index (χ3v) is 8.16. The number of nitrogens with zero attached hydrogens (tertiary/aromatic N) is 2. The SMILES string of the molecule is CC(C)n1c(=O)n(-c2cccc(OCC(F)F)c2)c2ccc(C(=O)CC3(C)CS(=O)(=O)C3)cc21. The Labute approximate surface area is 195 Å². The molecule has 3 aromatic rings. The second-order valence-electron chi connectivity index (χ2n) is 9.43. The zero-order valence-corrected chi connectivity index (χ0v) is 19.9. The van der Waals surface area contributed by atoms with Crippen molar-refractivity contribution in [3.63, 3.8) is 0 Å². The number of alkyl halides is 2. The van der Waals surface area contributed by atoms with Gasteiger partial charge in [-0.2, -0.15) is 0 Å². The molecule has 1 aliphatic heterocycles. The highest BCUT2D eigenvalue weighted by Crippen LogP contribution is 2.37. The topological polar surface area (TPSA) is 87.4 Å². The summed E-state index contributed by atoms with van der Waals surface area (Å²) < 4.78 is 56.4. The fourth-order valence-electron chi connectivity index (χ4n) is 4.62. The zero-order chi connectivity index (χ0) is 24.8. The number of aromatic nitrogens is 2. The molecule has 2 aromatic carbocycles. The van der Waals surface area contributed by atoms with Crippen LogP contribution < -0.4 is 10.4 Å². The van der Waals surface area contributed by atoms with Gasteiger partial charge in [0.2, 0.25) is 0 Å². The Bertz CT molecular complexity index is 1410. The number of Topliss-reactive ketones (excluding diaryl/α,β-unsaturated/α-hetero) is 1. The highest BCUT2D eigenvalue weighted by molar-refractivity contribution is 7.92. The molecular formula is C24H26F2N2O5S. The molecule has 10 heteroatoms. The van der Waals surface area contributed by atoms with Crippen LogP contribution in [0.1, 0.15) is 43.6 Å². The van der Waals surface area contributed by atoms with Crippen molar-refractivity contribution in [1.29, 1.82) is 0 Å². The van der Waals surface area contributed by atoms with Gasteiger partial charge in [0.25, 0.3) is 6.43 Å². The van der Waals surface area contributed by atoms with Crippen LogP contribution in [0.2, 0.25) is 0 Å². The van der Waals surface area contributed by atoms with E-state index in [1.807, 2.05) is 13.8 Å². The molecule has 182 valence electrons. The molecule has 0 unspecified atom stereocenters. The molecule has 0 spiro atoms. The molecule has 34 heavy (non-hydrogen) atoms. The van der Waals surface area contributed by atoms with E-state index >= 15 is 0 Å². The maximum Gasteiger partial charge on any atom is 0.333 e. The van der Waals surface area contributed by atoms with Gasteiger partial charge in [-0.25, -0.2) is 22.0 Å². The van der Waals surface area contributed by atoms with E-state index in [0.29, 0.717) is 22.3 Å². The summed E-state index contributed by atoms with van der Waals surface area (Å²) in [5, 5.41) is 0. The van der Waals surface area contributed by atoms with Crippen LogP contribution >= 0.6 is 0 Å². The molecular weight excluding hydrogens is 466 g/mol. The molecule has 1 aromatic heterocycles. The Balaban J connectivity index is 1.74. The monoisotopic (exact) mass is 492 g/mol. The number of imidazole rings is 1. The van der Waals surface area contributed by atoms with Gasteiger partial charge in [0.15, 0.2) is 15.6 Å². The van der Waals surface area contributed by atoms with E-state index in [9.17, 15) is 26.8 Å². The Morgan fingerprint density at radius 3 is 2.44 bits per heavy atom. The number of carbonyl (C=O) groups excluding carboxylic acids is 1. The van der Waals surface area contributed by atoms with E-state index < -0.39 is 28.3 Å². The molecule has 0 aliphatic carbocycles. The third kappa shape index (κ3) is 4.64. The lowest BCUT2D eigenvalue weighted by Crippen LogP contribution is -2.47. The molecule has 1 saturated heterocycles. The van der Waals surface area contributed by atoms with Crippen LogP contribution in [0.4, 0.5) is 8.78 Å². The first-order valence-electron chi connectivity index (χ1n) is 10.9. The number of sulfone groups is 1. The molecule has 0 amide bonds. The lowest BCUT2D eigenvalue weighted by atomic mass is 9.86. The maximum atomic E-state index is 13.4. The van der Waals surface area contributed by atoms with Gasteiger partial charge in [0, 0.05) is 29.5 Å². The fourth-order valence-corrected chi connectivity index (χ4v) is 6.87. The first kappa shape index (κ1) is 24.1. The minimum atomic E-state index is -3.07. The van der Waals surface area contributed by atoms with E-state index in [-0.39, 0.29) is 41.2 Å². The van der Waals surface area contributed by atoms with Crippen molar-refractivity contribution in [2.45, 2.75) is 39.7 Å². The summed E-state index contributed by atoms with van der Waals surface area (Å²) in [4.78, 5) is 26.3. The van der Waals surface area contributed by atoms with Crippen LogP contribution in [-0.2, 0) is 9.84 Å². The van der Waals surface area contributed by atoms with E-state index in [2.05, 4.69) is 0 Å². The van der Waals surface area contributed by atoms with Gasteiger partial charge in [-0.3, -0.25) is 13.9 Å². The lowest BCUT2D eigenvalue weighted by molar-refractivity contribution is 0.0819. The van der Waals surface area contributed by atoms with E-state index in [0.717, 1.165) is 0 Å². The molecule has 4 rings (SSSR count). The number of ether oxygens (including phenoxy) is 1. The molecule has 1 fully saturated rings. The number of fused-ring (bicyclic) bond motifs is 1. The predicted octanol–water partition coefficient (Wildman–Crippen LogP) is 4.02.